The number of nitrogens with zero attached hydrogens (tertiary/aromatic N) is 3. The Balaban J connectivity index is 1.92. The monoisotopic (exact) mass is 427 g/mol. The lowest BCUT2D eigenvalue weighted by Gasteiger charge is -2.33. The molecule has 0 bridgehead atoms. The van der Waals surface area contributed by atoms with Crippen molar-refractivity contribution >= 4 is 22.3 Å². The van der Waals surface area contributed by atoms with Gasteiger partial charge in [0.1, 0.15) is 5.60 Å². The highest BCUT2D eigenvalue weighted by Gasteiger charge is 2.27. The summed E-state index contributed by atoms with van der Waals surface area (Å²) in [7, 11) is -2.57. The van der Waals surface area contributed by atoms with Crippen LogP contribution in [0.5, 0.6) is 5.75 Å². The molecule has 0 atom stereocenters. The maximum absolute atomic E-state index is 12.1. The molecule has 1 fully saturated rings. The number of likely N-dealkylation sites (tertiary alicyclic amines) is 1. The number of benzene rings is 1. The zero-order valence-electron chi connectivity index (χ0n) is 16.7. The molecule has 0 N–H and O–H groups in total. The van der Waals surface area contributed by atoms with Gasteiger partial charge in [-0.05, 0) is 51.2 Å². The molecule has 1 aromatic carbocycles. The topological polar surface area (TPSA) is 128 Å². The van der Waals surface area contributed by atoms with Crippen LogP contribution in [0.1, 0.15) is 39.2 Å². The molecule has 1 aromatic rings. The Morgan fingerprint density at radius 2 is 1.97 bits per heavy atom. The average Bonchev–Trinajstić information content (AvgIpc) is 2.63. The van der Waals surface area contributed by atoms with Gasteiger partial charge in [0.05, 0.1) is 18.1 Å². The number of nitro groups is 1. The molecule has 1 heterocycles. The van der Waals surface area contributed by atoms with Crippen molar-refractivity contribution in [1.29, 1.82) is 0 Å². The summed E-state index contributed by atoms with van der Waals surface area (Å²) in [5, 5.41) is 11.3. The highest BCUT2D eigenvalue weighted by Crippen LogP contribution is 2.30. The standard InChI is InChI=1S/C18H25N3O7S/c1-18(2,3)28-17(22)20-8-6-13(7-9-20)12-27-16-5-4-14(11-19-29(25)26)10-15(16)21(23)24/h4-5,10,13H,6-9,11-12H2,1-3H3. The van der Waals surface area contributed by atoms with E-state index in [0.29, 0.717) is 31.5 Å². The third kappa shape index (κ3) is 7.33. The molecule has 0 unspecified atom stereocenters. The number of hydrogen-bond donors (Lipinski definition) is 0. The fraction of sp³-hybridized carbons (Fsp3) is 0.611. The zero-order valence-corrected chi connectivity index (χ0v) is 17.5. The van der Waals surface area contributed by atoms with Gasteiger partial charge in [-0.2, -0.15) is 12.8 Å². The van der Waals surface area contributed by atoms with Crippen LogP contribution in [0.2, 0.25) is 0 Å². The summed E-state index contributed by atoms with van der Waals surface area (Å²) in [6, 6.07) is 4.26. The van der Waals surface area contributed by atoms with E-state index in [0.717, 1.165) is 0 Å². The molecule has 1 aliphatic heterocycles. The number of piperidine rings is 1. The first-order valence-corrected chi connectivity index (χ1v) is 10.2. The van der Waals surface area contributed by atoms with Crippen molar-refractivity contribution in [2.24, 2.45) is 10.3 Å². The molecule has 1 saturated heterocycles. The van der Waals surface area contributed by atoms with Crippen molar-refractivity contribution in [3.8, 4) is 5.75 Å². The first-order chi connectivity index (χ1) is 13.5. The summed E-state index contributed by atoms with van der Waals surface area (Å²) < 4.78 is 35.4. The summed E-state index contributed by atoms with van der Waals surface area (Å²) in [6.07, 6.45) is 1.08. The fourth-order valence-corrected chi connectivity index (χ4v) is 3.12. The lowest BCUT2D eigenvalue weighted by Crippen LogP contribution is -2.42. The first-order valence-electron chi connectivity index (χ1n) is 9.20. The van der Waals surface area contributed by atoms with Crippen LogP contribution in [-0.4, -0.2) is 49.6 Å². The molecule has 1 aliphatic rings. The predicted molar refractivity (Wildman–Crippen MR) is 104 cm³/mol. The summed E-state index contributed by atoms with van der Waals surface area (Å²) in [5.41, 5.74) is -0.377. The van der Waals surface area contributed by atoms with Crippen molar-refractivity contribution in [3.05, 3.63) is 33.9 Å². The van der Waals surface area contributed by atoms with Crippen molar-refractivity contribution in [1.82, 2.24) is 4.90 Å². The zero-order chi connectivity index (χ0) is 21.6. The largest absolute Gasteiger partial charge is 0.487 e. The second-order valence-corrected chi connectivity index (χ2v) is 8.48. The van der Waals surface area contributed by atoms with E-state index in [4.69, 9.17) is 9.47 Å². The highest BCUT2D eigenvalue weighted by atomic mass is 32.2. The van der Waals surface area contributed by atoms with Gasteiger partial charge in [-0.3, -0.25) is 10.1 Å². The third-order valence-electron chi connectivity index (χ3n) is 4.31. The lowest BCUT2D eigenvalue weighted by molar-refractivity contribution is -0.386. The van der Waals surface area contributed by atoms with Crippen LogP contribution in [-0.2, 0) is 21.8 Å². The van der Waals surface area contributed by atoms with Gasteiger partial charge in [0.15, 0.2) is 5.75 Å². The smallest absolute Gasteiger partial charge is 0.410 e. The van der Waals surface area contributed by atoms with Crippen LogP contribution in [0, 0.1) is 16.0 Å². The van der Waals surface area contributed by atoms with Crippen molar-refractivity contribution in [2.45, 2.75) is 45.8 Å². The Morgan fingerprint density at radius 3 is 2.52 bits per heavy atom. The maximum Gasteiger partial charge on any atom is 0.410 e. The molecular formula is C18H25N3O7S. The van der Waals surface area contributed by atoms with Gasteiger partial charge >= 0.3 is 22.3 Å². The van der Waals surface area contributed by atoms with Gasteiger partial charge in [-0.25, -0.2) is 4.79 Å². The van der Waals surface area contributed by atoms with Crippen LogP contribution in [0.25, 0.3) is 0 Å². The number of nitro benzene ring substituents is 1. The van der Waals surface area contributed by atoms with Crippen molar-refractivity contribution < 1.29 is 27.6 Å². The Morgan fingerprint density at radius 1 is 1.31 bits per heavy atom. The van der Waals surface area contributed by atoms with Gasteiger partial charge in [0.2, 0.25) is 0 Å². The number of carbonyl (C=O) groups is 1. The molecule has 160 valence electrons. The SMILES string of the molecule is CC(C)(C)OC(=O)N1CCC(COc2ccc(CN=S(=O)=O)cc2[N+](=O)[O-])CC1. The van der Waals surface area contributed by atoms with Crippen LogP contribution in [0.15, 0.2) is 22.6 Å². The number of carbonyl (C=O) groups excluding carboxylic acids is 1. The molecule has 0 aromatic heterocycles. The van der Waals surface area contributed by atoms with E-state index < -0.39 is 21.0 Å². The summed E-state index contributed by atoms with van der Waals surface area (Å²) in [6.45, 7) is 6.65. The number of amides is 1. The second-order valence-electron chi connectivity index (χ2n) is 7.79. The first kappa shape index (κ1) is 22.6. The van der Waals surface area contributed by atoms with Gasteiger partial charge in [-0.15, -0.1) is 0 Å². The third-order valence-corrected chi connectivity index (χ3v) is 4.65. The van der Waals surface area contributed by atoms with Gasteiger partial charge in [-0.1, -0.05) is 6.07 Å². The summed E-state index contributed by atoms with van der Waals surface area (Å²) in [4.78, 5) is 24.5. The Kier molecular flexibility index (Phi) is 7.54. The fourth-order valence-electron chi connectivity index (χ4n) is 2.87. The number of hydrogen-bond acceptors (Lipinski definition) is 8. The van der Waals surface area contributed by atoms with Crippen LogP contribution in [0.3, 0.4) is 0 Å². The van der Waals surface area contributed by atoms with Crippen LogP contribution >= 0.6 is 0 Å². The van der Waals surface area contributed by atoms with E-state index in [1.807, 2.05) is 20.8 Å². The van der Waals surface area contributed by atoms with E-state index in [1.165, 1.54) is 12.1 Å². The second kappa shape index (κ2) is 9.68. The minimum absolute atomic E-state index is 0.122. The average molecular weight is 427 g/mol. The molecule has 10 nitrogen and oxygen atoms in total. The highest BCUT2D eigenvalue weighted by molar-refractivity contribution is 7.61. The van der Waals surface area contributed by atoms with Crippen molar-refractivity contribution in [3.63, 3.8) is 0 Å². The molecule has 0 aliphatic carbocycles. The normalized spacial score (nSPS) is 14.9. The quantitative estimate of drug-likeness (QED) is 0.503. The van der Waals surface area contributed by atoms with Crippen molar-refractivity contribution in [2.75, 3.05) is 19.7 Å². The predicted octanol–water partition coefficient (Wildman–Crippen LogP) is 3.18. The summed E-state index contributed by atoms with van der Waals surface area (Å²) >= 11 is 0. The number of ether oxygens (including phenoxy) is 2. The van der Waals surface area contributed by atoms with E-state index in [9.17, 15) is 23.3 Å². The Bertz CT molecular complexity index is 877. The summed E-state index contributed by atoms with van der Waals surface area (Å²) in [5.74, 6) is 0.280. The van der Waals surface area contributed by atoms with Crippen LogP contribution in [0.4, 0.5) is 10.5 Å². The Hall–Kier alpha value is -2.69. The van der Waals surface area contributed by atoms with Gasteiger partial charge < -0.3 is 14.4 Å². The minimum Gasteiger partial charge on any atom is -0.487 e. The molecule has 1 amide bonds. The van der Waals surface area contributed by atoms with Gasteiger partial charge in [0.25, 0.3) is 0 Å². The van der Waals surface area contributed by atoms with Gasteiger partial charge in [0, 0.05) is 19.2 Å². The van der Waals surface area contributed by atoms with E-state index in [2.05, 4.69) is 4.36 Å². The molecular weight excluding hydrogens is 402 g/mol. The van der Waals surface area contributed by atoms with E-state index in [-0.39, 0.29) is 36.6 Å². The van der Waals surface area contributed by atoms with E-state index >= 15 is 0 Å². The molecule has 0 radical (unpaired) electrons. The Labute approximate surface area is 170 Å². The molecule has 29 heavy (non-hydrogen) atoms. The number of rotatable bonds is 6. The molecule has 0 spiro atoms. The molecule has 0 saturated carbocycles. The maximum atomic E-state index is 12.1. The van der Waals surface area contributed by atoms with Crippen LogP contribution < -0.4 is 4.74 Å². The lowest BCUT2D eigenvalue weighted by atomic mass is 9.98. The molecule has 2 rings (SSSR count). The minimum atomic E-state index is -2.57. The van der Waals surface area contributed by atoms with E-state index in [1.54, 1.807) is 11.0 Å². The molecule has 11 heteroatoms.